The molecule has 0 fully saturated rings. The van der Waals surface area contributed by atoms with Gasteiger partial charge < -0.3 is 15.3 Å². The van der Waals surface area contributed by atoms with Crippen molar-refractivity contribution in [3.05, 3.63) is 54.1 Å². The summed E-state index contributed by atoms with van der Waals surface area (Å²) in [6.07, 6.45) is 0. The molecule has 3 heteroatoms. The van der Waals surface area contributed by atoms with Gasteiger partial charge in [0, 0.05) is 21.9 Å². The smallest absolute Gasteiger partial charge is 0.131 e. The van der Waals surface area contributed by atoms with E-state index in [0.29, 0.717) is 21.9 Å². The number of phenols is 3. The summed E-state index contributed by atoms with van der Waals surface area (Å²) in [5.41, 5.74) is 1.84. The summed E-state index contributed by atoms with van der Waals surface area (Å²) < 4.78 is 0. The van der Waals surface area contributed by atoms with E-state index in [4.69, 9.17) is 0 Å². The van der Waals surface area contributed by atoms with E-state index in [0.717, 1.165) is 5.56 Å². The average Bonchev–Trinajstić information content (AvgIpc) is 2.43. The number of phenolic OH excluding ortho intramolecular Hbond substituents is 3. The molecule has 3 N–H and O–H groups in total. The van der Waals surface area contributed by atoms with E-state index >= 15 is 0 Å². The SMILES string of the molecule is Cc1ccc(-c2cc(O)c3ccccc3c2O)c(O)c1. The number of fused-ring (bicyclic) bond motifs is 1. The molecule has 3 rings (SSSR count). The molecule has 0 heterocycles. The van der Waals surface area contributed by atoms with Crippen LogP contribution in [-0.2, 0) is 0 Å². The quantitative estimate of drug-likeness (QED) is 0.585. The summed E-state index contributed by atoms with van der Waals surface area (Å²) >= 11 is 0. The van der Waals surface area contributed by atoms with E-state index in [1.807, 2.05) is 13.0 Å². The van der Waals surface area contributed by atoms with Gasteiger partial charge in [0.1, 0.15) is 17.2 Å². The maximum Gasteiger partial charge on any atom is 0.131 e. The predicted octanol–water partition coefficient (Wildman–Crippen LogP) is 3.93. The molecule has 0 aliphatic rings. The molecule has 0 saturated carbocycles. The first-order chi connectivity index (χ1) is 9.58. The third-order valence-corrected chi connectivity index (χ3v) is 3.44. The van der Waals surface area contributed by atoms with Crippen molar-refractivity contribution in [1.29, 1.82) is 0 Å². The minimum atomic E-state index is 0.0533. The molecule has 20 heavy (non-hydrogen) atoms. The van der Waals surface area contributed by atoms with Gasteiger partial charge in [-0.3, -0.25) is 0 Å². The fourth-order valence-corrected chi connectivity index (χ4v) is 2.42. The zero-order valence-electron chi connectivity index (χ0n) is 11.0. The van der Waals surface area contributed by atoms with E-state index in [1.54, 1.807) is 36.4 Å². The number of benzene rings is 3. The van der Waals surface area contributed by atoms with Crippen molar-refractivity contribution < 1.29 is 15.3 Å². The van der Waals surface area contributed by atoms with Gasteiger partial charge in [-0.1, -0.05) is 36.4 Å². The summed E-state index contributed by atoms with van der Waals surface area (Å²) in [4.78, 5) is 0. The molecular formula is C17H14O3. The van der Waals surface area contributed by atoms with Gasteiger partial charge in [-0.05, 0) is 24.6 Å². The molecule has 0 radical (unpaired) electrons. The lowest BCUT2D eigenvalue weighted by atomic mass is 9.97. The van der Waals surface area contributed by atoms with E-state index in [2.05, 4.69) is 0 Å². The molecule has 0 amide bonds. The maximum absolute atomic E-state index is 10.4. The van der Waals surface area contributed by atoms with Gasteiger partial charge in [0.2, 0.25) is 0 Å². The van der Waals surface area contributed by atoms with Gasteiger partial charge in [0.05, 0.1) is 0 Å². The standard InChI is InChI=1S/C17H14O3/c1-10-6-7-12(15(18)8-10)14-9-16(19)11-4-2-3-5-13(11)17(14)20/h2-9,18-20H,1H3. The fraction of sp³-hybridized carbons (Fsp3) is 0.0588. The Morgan fingerprint density at radius 3 is 2.10 bits per heavy atom. The van der Waals surface area contributed by atoms with Crippen LogP contribution in [-0.4, -0.2) is 15.3 Å². The van der Waals surface area contributed by atoms with Gasteiger partial charge in [0.25, 0.3) is 0 Å². The molecule has 0 aliphatic heterocycles. The summed E-state index contributed by atoms with van der Waals surface area (Å²) in [7, 11) is 0. The Labute approximate surface area is 116 Å². The van der Waals surface area contributed by atoms with Crippen LogP contribution in [0.3, 0.4) is 0 Å². The highest BCUT2D eigenvalue weighted by molar-refractivity contribution is 5.99. The highest BCUT2D eigenvalue weighted by Crippen LogP contribution is 2.43. The molecule has 100 valence electrons. The van der Waals surface area contributed by atoms with Crippen molar-refractivity contribution in [2.45, 2.75) is 6.92 Å². The lowest BCUT2D eigenvalue weighted by Crippen LogP contribution is -1.85. The normalized spacial score (nSPS) is 10.8. The number of aromatic hydroxyl groups is 3. The number of aryl methyl sites for hydroxylation is 1. The molecule has 0 aromatic heterocycles. The van der Waals surface area contributed by atoms with Crippen molar-refractivity contribution in [2.75, 3.05) is 0 Å². The van der Waals surface area contributed by atoms with Crippen LogP contribution in [0.5, 0.6) is 17.2 Å². The first-order valence-electron chi connectivity index (χ1n) is 6.31. The molecule has 3 aromatic carbocycles. The number of hydrogen-bond acceptors (Lipinski definition) is 3. The lowest BCUT2D eigenvalue weighted by molar-refractivity contribution is 0.466. The molecular weight excluding hydrogens is 252 g/mol. The molecule has 0 aliphatic carbocycles. The second-order valence-electron chi connectivity index (χ2n) is 4.86. The Balaban J connectivity index is 2.34. The van der Waals surface area contributed by atoms with E-state index in [1.165, 1.54) is 6.07 Å². The first-order valence-corrected chi connectivity index (χ1v) is 6.31. The average molecular weight is 266 g/mol. The molecule has 0 bridgehead atoms. The fourth-order valence-electron chi connectivity index (χ4n) is 2.42. The Kier molecular flexibility index (Phi) is 2.75. The van der Waals surface area contributed by atoms with Gasteiger partial charge >= 0.3 is 0 Å². The largest absolute Gasteiger partial charge is 0.507 e. The molecule has 0 unspecified atom stereocenters. The Morgan fingerprint density at radius 1 is 0.700 bits per heavy atom. The summed E-state index contributed by atoms with van der Waals surface area (Å²) in [6, 6.07) is 13.7. The number of rotatable bonds is 1. The molecule has 3 nitrogen and oxygen atoms in total. The minimum Gasteiger partial charge on any atom is -0.507 e. The second-order valence-corrected chi connectivity index (χ2v) is 4.86. The Hall–Kier alpha value is -2.68. The predicted molar refractivity (Wildman–Crippen MR) is 79.1 cm³/mol. The zero-order chi connectivity index (χ0) is 14.3. The van der Waals surface area contributed by atoms with Crippen LogP contribution in [0, 0.1) is 6.92 Å². The Bertz CT molecular complexity index is 807. The highest BCUT2D eigenvalue weighted by Gasteiger charge is 2.14. The van der Waals surface area contributed by atoms with Crippen molar-refractivity contribution in [2.24, 2.45) is 0 Å². The van der Waals surface area contributed by atoms with Crippen LogP contribution in [0.25, 0.3) is 21.9 Å². The van der Waals surface area contributed by atoms with Gasteiger partial charge in [-0.25, -0.2) is 0 Å². The lowest BCUT2D eigenvalue weighted by Gasteiger charge is -2.12. The molecule has 0 atom stereocenters. The molecule has 3 aromatic rings. The van der Waals surface area contributed by atoms with Crippen LogP contribution in [0.4, 0.5) is 0 Å². The van der Waals surface area contributed by atoms with E-state index in [9.17, 15) is 15.3 Å². The van der Waals surface area contributed by atoms with Crippen LogP contribution in [0.2, 0.25) is 0 Å². The van der Waals surface area contributed by atoms with Crippen molar-refractivity contribution in [1.82, 2.24) is 0 Å². The minimum absolute atomic E-state index is 0.0533. The van der Waals surface area contributed by atoms with E-state index < -0.39 is 0 Å². The topological polar surface area (TPSA) is 60.7 Å². The van der Waals surface area contributed by atoms with Gasteiger partial charge in [-0.2, -0.15) is 0 Å². The summed E-state index contributed by atoms with van der Waals surface area (Å²) in [6.45, 7) is 1.88. The van der Waals surface area contributed by atoms with Crippen molar-refractivity contribution >= 4 is 10.8 Å². The summed E-state index contributed by atoms with van der Waals surface area (Å²) in [5.74, 6) is 0.209. The molecule has 0 saturated heterocycles. The highest BCUT2D eigenvalue weighted by atomic mass is 16.3. The van der Waals surface area contributed by atoms with Crippen LogP contribution in [0.1, 0.15) is 5.56 Å². The third kappa shape index (κ3) is 1.84. The van der Waals surface area contributed by atoms with Crippen molar-refractivity contribution in [3.8, 4) is 28.4 Å². The zero-order valence-corrected chi connectivity index (χ0v) is 11.0. The third-order valence-electron chi connectivity index (χ3n) is 3.44. The van der Waals surface area contributed by atoms with Gasteiger partial charge in [0.15, 0.2) is 0 Å². The van der Waals surface area contributed by atoms with Crippen molar-refractivity contribution in [3.63, 3.8) is 0 Å². The molecule has 0 spiro atoms. The summed E-state index contributed by atoms with van der Waals surface area (Å²) in [5, 5.41) is 31.7. The Morgan fingerprint density at radius 2 is 1.40 bits per heavy atom. The maximum atomic E-state index is 10.4. The van der Waals surface area contributed by atoms with Crippen LogP contribution in [0.15, 0.2) is 48.5 Å². The van der Waals surface area contributed by atoms with Crippen LogP contribution >= 0.6 is 0 Å². The monoisotopic (exact) mass is 266 g/mol. The second kappa shape index (κ2) is 4.46. The van der Waals surface area contributed by atoms with E-state index in [-0.39, 0.29) is 17.2 Å². The van der Waals surface area contributed by atoms with Gasteiger partial charge in [-0.15, -0.1) is 0 Å². The van der Waals surface area contributed by atoms with Crippen LogP contribution < -0.4 is 0 Å². The first kappa shape index (κ1) is 12.4. The number of hydrogen-bond donors (Lipinski definition) is 3.